The van der Waals surface area contributed by atoms with E-state index in [9.17, 15) is 24.3 Å². The van der Waals surface area contributed by atoms with Gasteiger partial charge in [0.25, 0.3) is 11.8 Å². The number of nitrogens with zero attached hydrogens (tertiary/aromatic N) is 1. The van der Waals surface area contributed by atoms with Crippen molar-refractivity contribution in [2.75, 3.05) is 13.1 Å². The van der Waals surface area contributed by atoms with Crippen molar-refractivity contribution in [3.05, 3.63) is 70.8 Å². The zero-order valence-electron chi connectivity index (χ0n) is 19.5. The Kier molecular flexibility index (Phi) is 8.54. The standard InChI is InChI=1S/C26H31N3O5/c1-17-8-9-20-21(14-17)25(32)29(24(20)31)13-11-22(26(33)34)27-12-10-18(2)15-23(30)28-16-19-6-4-3-5-7-19/h3-9,14,18,22,27H,10-13,15-16H2,1-2H3,(H,28,30)(H,33,34)/t18-,22+/m0/s1. The Labute approximate surface area is 199 Å². The molecule has 0 saturated heterocycles. The number of rotatable bonds is 12. The number of aliphatic carboxylic acids is 1. The van der Waals surface area contributed by atoms with Gasteiger partial charge in [0.1, 0.15) is 6.04 Å². The van der Waals surface area contributed by atoms with E-state index in [1.807, 2.05) is 44.2 Å². The Bertz CT molecular complexity index is 1050. The minimum atomic E-state index is -1.04. The smallest absolute Gasteiger partial charge is 0.320 e. The van der Waals surface area contributed by atoms with Gasteiger partial charge in [0.2, 0.25) is 5.91 Å². The van der Waals surface area contributed by atoms with E-state index in [1.165, 1.54) is 0 Å². The average molecular weight is 466 g/mol. The van der Waals surface area contributed by atoms with E-state index >= 15 is 0 Å². The Morgan fingerprint density at radius 3 is 2.41 bits per heavy atom. The lowest BCUT2D eigenvalue weighted by atomic mass is 10.0. The summed E-state index contributed by atoms with van der Waals surface area (Å²) in [5, 5.41) is 15.4. The maximum atomic E-state index is 12.6. The molecular formula is C26H31N3O5. The molecule has 3 rings (SSSR count). The predicted octanol–water partition coefficient (Wildman–Crippen LogP) is 2.76. The number of carbonyl (C=O) groups excluding carboxylic acids is 3. The second-order valence-electron chi connectivity index (χ2n) is 8.80. The molecule has 2 atom stereocenters. The molecule has 1 aliphatic heterocycles. The summed E-state index contributed by atoms with van der Waals surface area (Å²) in [5.41, 5.74) is 2.64. The van der Waals surface area contributed by atoms with Crippen LogP contribution in [0, 0.1) is 12.8 Å². The predicted molar refractivity (Wildman–Crippen MR) is 127 cm³/mol. The third kappa shape index (κ3) is 6.51. The van der Waals surface area contributed by atoms with Gasteiger partial charge in [-0.05, 0) is 49.9 Å². The van der Waals surface area contributed by atoms with Crippen molar-refractivity contribution in [1.82, 2.24) is 15.5 Å². The molecule has 0 unspecified atom stereocenters. The third-order valence-corrected chi connectivity index (χ3v) is 5.96. The topological polar surface area (TPSA) is 116 Å². The average Bonchev–Trinajstić information content (AvgIpc) is 3.04. The monoisotopic (exact) mass is 465 g/mol. The largest absolute Gasteiger partial charge is 0.480 e. The van der Waals surface area contributed by atoms with E-state index < -0.39 is 12.0 Å². The first kappa shape index (κ1) is 25.1. The minimum Gasteiger partial charge on any atom is -0.480 e. The first-order valence-electron chi connectivity index (χ1n) is 11.5. The van der Waals surface area contributed by atoms with Crippen LogP contribution in [0.3, 0.4) is 0 Å². The number of aryl methyl sites for hydroxylation is 1. The summed E-state index contributed by atoms with van der Waals surface area (Å²) < 4.78 is 0. The van der Waals surface area contributed by atoms with Crippen LogP contribution >= 0.6 is 0 Å². The van der Waals surface area contributed by atoms with Gasteiger partial charge in [-0.2, -0.15) is 0 Å². The first-order chi connectivity index (χ1) is 16.3. The molecule has 0 fully saturated rings. The summed E-state index contributed by atoms with van der Waals surface area (Å²) >= 11 is 0. The SMILES string of the molecule is Cc1ccc2c(c1)C(=O)N(CC[C@@H](NCC[C@H](C)CC(=O)NCc1ccccc1)C(=O)O)C2=O. The Hall–Kier alpha value is -3.52. The fourth-order valence-electron chi connectivity index (χ4n) is 3.97. The Balaban J connectivity index is 1.41. The highest BCUT2D eigenvalue weighted by atomic mass is 16.4. The fourth-order valence-corrected chi connectivity index (χ4v) is 3.97. The van der Waals surface area contributed by atoms with Crippen LogP contribution < -0.4 is 10.6 Å². The maximum absolute atomic E-state index is 12.6. The molecule has 34 heavy (non-hydrogen) atoms. The van der Waals surface area contributed by atoms with Crippen molar-refractivity contribution < 1.29 is 24.3 Å². The summed E-state index contributed by atoms with van der Waals surface area (Å²) in [6.07, 6.45) is 1.07. The number of carbonyl (C=O) groups is 4. The fraction of sp³-hybridized carbons (Fsp3) is 0.385. The zero-order valence-corrected chi connectivity index (χ0v) is 19.5. The molecule has 1 aliphatic rings. The molecule has 1 heterocycles. The Morgan fingerprint density at radius 1 is 1.00 bits per heavy atom. The van der Waals surface area contributed by atoms with Gasteiger partial charge in [0.15, 0.2) is 0 Å². The first-order valence-corrected chi connectivity index (χ1v) is 11.5. The van der Waals surface area contributed by atoms with Gasteiger partial charge in [-0.3, -0.25) is 24.1 Å². The lowest BCUT2D eigenvalue weighted by Gasteiger charge is -2.19. The van der Waals surface area contributed by atoms with Crippen LogP contribution in [0.25, 0.3) is 0 Å². The van der Waals surface area contributed by atoms with Crippen LogP contribution in [-0.4, -0.2) is 52.8 Å². The molecule has 0 aromatic heterocycles. The number of carboxylic acid groups (broad SMARTS) is 1. The summed E-state index contributed by atoms with van der Waals surface area (Å²) in [4.78, 5) is 50.1. The second-order valence-corrected chi connectivity index (χ2v) is 8.80. The maximum Gasteiger partial charge on any atom is 0.320 e. The lowest BCUT2D eigenvalue weighted by molar-refractivity contribution is -0.139. The molecule has 3 N–H and O–H groups in total. The van der Waals surface area contributed by atoms with Crippen LogP contribution in [0.4, 0.5) is 0 Å². The van der Waals surface area contributed by atoms with Gasteiger partial charge in [-0.1, -0.05) is 48.9 Å². The van der Waals surface area contributed by atoms with Crippen molar-refractivity contribution in [3.63, 3.8) is 0 Å². The number of nitrogens with one attached hydrogen (secondary N) is 2. The van der Waals surface area contributed by atoms with Gasteiger partial charge in [-0.15, -0.1) is 0 Å². The molecule has 0 spiro atoms. The molecule has 2 aromatic rings. The van der Waals surface area contributed by atoms with E-state index in [2.05, 4.69) is 10.6 Å². The molecule has 8 heteroatoms. The van der Waals surface area contributed by atoms with E-state index in [-0.39, 0.29) is 36.6 Å². The summed E-state index contributed by atoms with van der Waals surface area (Å²) in [6, 6.07) is 13.9. The van der Waals surface area contributed by atoms with Gasteiger partial charge >= 0.3 is 5.97 Å². The number of carboxylic acids is 1. The minimum absolute atomic E-state index is 0.0206. The molecule has 0 radical (unpaired) electrons. The number of imide groups is 1. The van der Waals surface area contributed by atoms with Crippen LogP contribution in [0.1, 0.15) is 58.0 Å². The molecule has 2 aromatic carbocycles. The summed E-state index contributed by atoms with van der Waals surface area (Å²) in [7, 11) is 0. The molecule has 0 aliphatic carbocycles. The highest BCUT2D eigenvalue weighted by molar-refractivity contribution is 6.21. The summed E-state index contributed by atoms with van der Waals surface area (Å²) in [6.45, 7) is 4.70. The number of benzene rings is 2. The quantitative estimate of drug-likeness (QED) is 0.415. The highest BCUT2D eigenvalue weighted by Crippen LogP contribution is 2.24. The van der Waals surface area contributed by atoms with Crippen LogP contribution in [-0.2, 0) is 16.1 Å². The van der Waals surface area contributed by atoms with E-state index in [0.29, 0.717) is 37.1 Å². The number of hydrogen-bond donors (Lipinski definition) is 3. The van der Waals surface area contributed by atoms with E-state index in [1.54, 1.807) is 18.2 Å². The van der Waals surface area contributed by atoms with Crippen molar-refractivity contribution in [1.29, 1.82) is 0 Å². The highest BCUT2D eigenvalue weighted by Gasteiger charge is 2.35. The number of fused-ring (bicyclic) bond motifs is 1. The van der Waals surface area contributed by atoms with Crippen molar-refractivity contribution in [3.8, 4) is 0 Å². The van der Waals surface area contributed by atoms with E-state index in [0.717, 1.165) is 16.0 Å². The van der Waals surface area contributed by atoms with Crippen molar-refractivity contribution >= 4 is 23.7 Å². The van der Waals surface area contributed by atoms with Gasteiger partial charge in [0, 0.05) is 19.5 Å². The normalized spacial score (nSPS) is 14.6. The van der Waals surface area contributed by atoms with Crippen LogP contribution in [0.2, 0.25) is 0 Å². The van der Waals surface area contributed by atoms with Crippen LogP contribution in [0.15, 0.2) is 48.5 Å². The molecule has 0 bridgehead atoms. The van der Waals surface area contributed by atoms with Crippen molar-refractivity contribution in [2.24, 2.45) is 5.92 Å². The molecule has 3 amide bonds. The molecule has 180 valence electrons. The van der Waals surface area contributed by atoms with Gasteiger partial charge in [0.05, 0.1) is 11.1 Å². The van der Waals surface area contributed by atoms with Gasteiger partial charge < -0.3 is 15.7 Å². The molecular weight excluding hydrogens is 434 g/mol. The third-order valence-electron chi connectivity index (χ3n) is 5.96. The number of hydrogen-bond acceptors (Lipinski definition) is 5. The zero-order chi connectivity index (χ0) is 24.7. The Morgan fingerprint density at radius 2 is 1.71 bits per heavy atom. The summed E-state index contributed by atoms with van der Waals surface area (Å²) in [5.74, 6) is -1.80. The van der Waals surface area contributed by atoms with Crippen LogP contribution in [0.5, 0.6) is 0 Å². The molecule has 8 nitrogen and oxygen atoms in total. The van der Waals surface area contributed by atoms with E-state index in [4.69, 9.17) is 0 Å². The number of amides is 3. The van der Waals surface area contributed by atoms with Gasteiger partial charge in [-0.25, -0.2) is 0 Å². The second kappa shape index (κ2) is 11.6. The molecule has 0 saturated carbocycles. The van der Waals surface area contributed by atoms with Crippen molar-refractivity contribution in [2.45, 2.75) is 45.7 Å². The lowest BCUT2D eigenvalue weighted by Crippen LogP contribution is -2.42.